The van der Waals surface area contributed by atoms with Gasteiger partial charge in [0.05, 0.1) is 6.61 Å². The van der Waals surface area contributed by atoms with Gasteiger partial charge < -0.3 is 9.84 Å². The Bertz CT molecular complexity index is 123. The maximum atomic E-state index is 10.3. The first-order valence-corrected chi connectivity index (χ1v) is 3.92. The summed E-state index contributed by atoms with van der Waals surface area (Å²) in [6, 6.07) is 0. The lowest BCUT2D eigenvalue weighted by Crippen LogP contribution is -2.22. The molecule has 0 heterocycles. The van der Waals surface area contributed by atoms with Gasteiger partial charge in [0.2, 0.25) is 0 Å². The normalized spacial score (nSPS) is 15.9. The Morgan fingerprint density at radius 1 is 1.55 bits per heavy atom. The first-order valence-electron chi connectivity index (χ1n) is 3.92. The molecule has 1 N–H and O–H groups in total. The summed E-state index contributed by atoms with van der Waals surface area (Å²) in [6.45, 7) is 6.17. The van der Waals surface area contributed by atoms with E-state index in [0.29, 0.717) is 12.5 Å². The van der Waals surface area contributed by atoms with Crippen molar-refractivity contribution in [1.82, 2.24) is 0 Å². The van der Waals surface area contributed by atoms with Gasteiger partial charge in [-0.25, -0.2) is 4.79 Å². The summed E-state index contributed by atoms with van der Waals surface area (Å²) in [5, 5.41) is 8.44. The van der Waals surface area contributed by atoms with Gasteiger partial charge in [0.15, 0.2) is 6.10 Å². The highest BCUT2D eigenvalue weighted by Gasteiger charge is 2.11. The maximum absolute atomic E-state index is 10.3. The van der Waals surface area contributed by atoms with Crippen molar-refractivity contribution >= 4 is 5.97 Å². The van der Waals surface area contributed by atoms with Gasteiger partial charge in [-0.1, -0.05) is 20.3 Å². The van der Waals surface area contributed by atoms with E-state index in [1.165, 1.54) is 0 Å². The van der Waals surface area contributed by atoms with E-state index in [-0.39, 0.29) is 0 Å². The summed E-state index contributed by atoms with van der Waals surface area (Å²) < 4.78 is 5.06. The molecule has 0 aliphatic rings. The molecule has 0 aromatic heterocycles. The van der Waals surface area contributed by atoms with Crippen LogP contribution in [0.4, 0.5) is 0 Å². The Balaban J connectivity index is 3.45. The summed E-state index contributed by atoms with van der Waals surface area (Å²) in [7, 11) is 0. The van der Waals surface area contributed by atoms with Crippen LogP contribution in [0.25, 0.3) is 0 Å². The average molecular weight is 160 g/mol. The summed E-state index contributed by atoms with van der Waals surface area (Å²) >= 11 is 0. The minimum atomic E-state index is -0.895. The van der Waals surface area contributed by atoms with Crippen molar-refractivity contribution in [3.63, 3.8) is 0 Å². The molecule has 0 aliphatic carbocycles. The van der Waals surface area contributed by atoms with Gasteiger partial charge in [-0.2, -0.15) is 0 Å². The maximum Gasteiger partial charge on any atom is 0.332 e. The molecule has 0 saturated carbocycles. The van der Waals surface area contributed by atoms with Gasteiger partial charge in [0, 0.05) is 0 Å². The average Bonchev–Trinajstić information content (AvgIpc) is 1.99. The second-order valence-electron chi connectivity index (χ2n) is 2.83. The van der Waals surface area contributed by atoms with Crippen LogP contribution in [0.5, 0.6) is 0 Å². The second-order valence-corrected chi connectivity index (χ2v) is 2.83. The van der Waals surface area contributed by atoms with E-state index >= 15 is 0 Å². The topological polar surface area (TPSA) is 46.5 Å². The van der Waals surface area contributed by atoms with Crippen LogP contribution < -0.4 is 0 Å². The summed E-state index contributed by atoms with van der Waals surface area (Å²) in [4.78, 5) is 10.3. The quantitative estimate of drug-likeness (QED) is 0.663. The fourth-order valence-corrected chi connectivity index (χ4v) is 0.498. The number of aliphatic carboxylic acids is 1. The van der Waals surface area contributed by atoms with Crippen LogP contribution in [0.1, 0.15) is 27.2 Å². The summed E-state index contributed by atoms with van der Waals surface area (Å²) in [6.07, 6.45) is 0.343. The smallest absolute Gasteiger partial charge is 0.332 e. The van der Waals surface area contributed by atoms with Crippen molar-refractivity contribution in [2.24, 2.45) is 5.92 Å². The van der Waals surface area contributed by atoms with Crippen molar-refractivity contribution in [2.75, 3.05) is 6.61 Å². The van der Waals surface area contributed by atoms with Crippen LogP contribution in [0.2, 0.25) is 0 Å². The zero-order chi connectivity index (χ0) is 8.85. The van der Waals surface area contributed by atoms with Crippen LogP contribution >= 0.6 is 0 Å². The minimum Gasteiger partial charge on any atom is -0.479 e. The number of carbonyl (C=O) groups is 1. The van der Waals surface area contributed by atoms with Gasteiger partial charge in [-0.05, 0) is 12.8 Å². The zero-order valence-corrected chi connectivity index (χ0v) is 7.33. The molecule has 0 aliphatic heterocycles. The minimum absolute atomic E-state index is 0.441. The third kappa shape index (κ3) is 4.79. The molecule has 0 radical (unpaired) electrons. The molecule has 0 bridgehead atoms. The monoisotopic (exact) mass is 160 g/mol. The standard InChI is InChI=1S/C8H16O3/c1-4-6(2)5-11-7(3)8(9)10/h6-7H,4-5H2,1-3H3,(H,9,10). The van der Waals surface area contributed by atoms with E-state index in [1.54, 1.807) is 6.92 Å². The van der Waals surface area contributed by atoms with Gasteiger partial charge in [-0.15, -0.1) is 0 Å². The number of carboxylic acids is 1. The molecule has 3 nitrogen and oxygen atoms in total. The van der Waals surface area contributed by atoms with Crippen molar-refractivity contribution in [3.05, 3.63) is 0 Å². The second kappa shape index (κ2) is 5.13. The molecule has 0 fully saturated rings. The van der Waals surface area contributed by atoms with E-state index in [2.05, 4.69) is 6.92 Å². The Kier molecular flexibility index (Phi) is 4.86. The third-order valence-electron chi connectivity index (χ3n) is 1.68. The first-order chi connectivity index (χ1) is 5.07. The predicted molar refractivity (Wildman–Crippen MR) is 42.5 cm³/mol. The van der Waals surface area contributed by atoms with Crippen molar-refractivity contribution in [1.29, 1.82) is 0 Å². The van der Waals surface area contributed by atoms with Gasteiger partial charge >= 0.3 is 5.97 Å². The highest BCUT2D eigenvalue weighted by atomic mass is 16.5. The van der Waals surface area contributed by atoms with Gasteiger partial charge in [0.1, 0.15) is 0 Å². The number of hydrogen-bond acceptors (Lipinski definition) is 2. The Hall–Kier alpha value is -0.570. The highest BCUT2D eigenvalue weighted by molar-refractivity contribution is 5.71. The summed E-state index contributed by atoms with van der Waals surface area (Å²) in [5.41, 5.74) is 0. The fourth-order valence-electron chi connectivity index (χ4n) is 0.498. The van der Waals surface area contributed by atoms with E-state index in [1.807, 2.05) is 6.92 Å². The lowest BCUT2D eigenvalue weighted by Gasteiger charge is -2.11. The fraction of sp³-hybridized carbons (Fsp3) is 0.875. The van der Waals surface area contributed by atoms with Gasteiger partial charge in [0.25, 0.3) is 0 Å². The van der Waals surface area contributed by atoms with E-state index < -0.39 is 12.1 Å². The first kappa shape index (κ1) is 10.4. The molecule has 11 heavy (non-hydrogen) atoms. The molecular formula is C8H16O3. The third-order valence-corrected chi connectivity index (χ3v) is 1.68. The molecule has 0 amide bonds. The molecule has 66 valence electrons. The highest BCUT2D eigenvalue weighted by Crippen LogP contribution is 2.02. The molecule has 0 saturated heterocycles. The predicted octanol–water partition coefficient (Wildman–Crippen LogP) is 1.52. The lowest BCUT2D eigenvalue weighted by molar-refractivity contribution is -0.149. The van der Waals surface area contributed by atoms with Crippen LogP contribution in [0, 0.1) is 5.92 Å². The van der Waals surface area contributed by atoms with Crippen LogP contribution in [0.3, 0.4) is 0 Å². The number of carboxylic acid groups (broad SMARTS) is 1. The van der Waals surface area contributed by atoms with Crippen molar-refractivity contribution in [3.8, 4) is 0 Å². The molecule has 0 spiro atoms. The molecule has 2 unspecified atom stereocenters. The van der Waals surface area contributed by atoms with Crippen LogP contribution in [-0.2, 0) is 9.53 Å². The lowest BCUT2D eigenvalue weighted by atomic mass is 10.1. The molecule has 0 rings (SSSR count). The Labute approximate surface area is 67.4 Å². The molecular weight excluding hydrogens is 144 g/mol. The number of rotatable bonds is 5. The van der Waals surface area contributed by atoms with Crippen molar-refractivity contribution in [2.45, 2.75) is 33.3 Å². The van der Waals surface area contributed by atoms with Crippen LogP contribution in [-0.4, -0.2) is 23.8 Å². The number of hydrogen-bond donors (Lipinski definition) is 1. The Morgan fingerprint density at radius 3 is 2.45 bits per heavy atom. The van der Waals surface area contributed by atoms with Crippen LogP contribution in [0.15, 0.2) is 0 Å². The zero-order valence-electron chi connectivity index (χ0n) is 7.33. The molecule has 0 aromatic rings. The largest absolute Gasteiger partial charge is 0.479 e. The SMILES string of the molecule is CCC(C)COC(C)C(=O)O. The van der Waals surface area contributed by atoms with E-state index in [9.17, 15) is 4.79 Å². The van der Waals surface area contributed by atoms with Crippen molar-refractivity contribution < 1.29 is 14.6 Å². The van der Waals surface area contributed by atoms with E-state index in [4.69, 9.17) is 9.84 Å². The number of ether oxygens (including phenoxy) is 1. The van der Waals surface area contributed by atoms with E-state index in [0.717, 1.165) is 6.42 Å². The summed E-state index contributed by atoms with van der Waals surface area (Å²) in [5.74, 6) is -0.454. The van der Waals surface area contributed by atoms with Gasteiger partial charge in [-0.3, -0.25) is 0 Å². The Morgan fingerprint density at radius 2 is 2.09 bits per heavy atom. The molecule has 3 heteroatoms. The molecule has 2 atom stereocenters. The molecule has 0 aromatic carbocycles.